The molecular formula is C23H32IN5O. The molecule has 5 rings (SSSR count). The second-order valence-corrected chi connectivity index (χ2v) is 9.08. The topological polar surface area (TPSA) is 72.7 Å². The van der Waals surface area contributed by atoms with Gasteiger partial charge in [-0.1, -0.05) is 18.6 Å². The highest BCUT2D eigenvalue weighted by Gasteiger charge is 2.66. The molecule has 4 unspecified atom stereocenters. The van der Waals surface area contributed by atoms with Crippen LogP contribution in [0.5, 0.6) is 0 Å². The van der Waals surface area contributed by atoms with Gasteiger partial charge in [-0.2, -0.15) is 5.26 Å². The minimum atomic E-state index is 0. The zero-order valence-electron chi connectivity index (χ0n) is 17.6. The van der Waals surface area contributed by atoms with Gasteiger partial charge in [-0.25, -0.2) is 0 Å². The average Bonchev–Trinajstić information content (AvgIpc) is 3.15. The van der Waals surface area contributed by atoms with Gasteiger partial charge >= 0.3 is 0 Å². The number of ether oxygens (including phenoxy) is 1. The number of rotatable bonds is 3. The molecule has 1 spiro atoms. The summed E-state index contributed by atoms with van der Waals surface area (Å²) in [5.41, 5.74) is 2.15. The quantitative estimate of drug-likeness (QED) is 0.363. The Morgan fingerprint density at radius 2 is 2.07 bits per heavy atom. The van der Waals surface area contributed by atoms with Gasteiger partial charge in [0.15, 0.2) is 5.96 Å². The van der Waals surface area contributed by atoms with Crippen LogP contribution in [-0.2, 0) is 4.74 Å². The number of benzene rings is 1. The number of nitrogens with one attached hydrogen (secondary N) is 2. The van der Waals surface area contributed by atoms with Crippen LogP contribution >= 0.6 is 24.0 Å². The maximum Gasteiger partial charge on any atom is 0.191 e. The van der Waals surface area contributed by atoms with Gasteiger partial charge in [-0.05, 0) is 44.2 Å². The number of para-hydroxylation sites is 1. The molecule has 1 aromatic carbocycles. The Kier molecular flexibility index (Phi) is 6.44. The summed E-state index contributed by atoms with van der Waals surface area (Å²) < 4.78 is 6.06. The van der Waals surface area contributed by atoms with Crippen LogP contribution in [0.25, 0.3) is 0 Å². The summed E-state index contributed by atoms with van der Waals surface area (Å²) >= 11 is 0. The zero-order valence-corrected chi connectivity index (χ0v) is 20.0. The van der Waals surface area contributed by atoms with Crippen molar-refractivity contribution in [3.8, 4) is 6.07 Å². The van der Waals surface area contributed by atoms with Gasteiger partial charge in [0.25, 0.3) is 0 Å². The van der Waals surface area contributed by atoms with Gasteiger partial charge in [0.2, 0.25) is 0 Å². The van der Waals surface area contributed by atoms with Crippen molar-refractivity contribution in [1.29, 1.82) is 5.26 Å². The first-order chi connectivity index (χ1) is 14.2. The zero-order chi connectivity index (χ0) is 19.8. The molecule has 0 amide bonds. The van der Waals surface area contributed by atoms with Gasteiger partial charge in [-0.15, -0.1) is 24.0 Å². The summed E-state index contributed by atoms with van der Waals surface area (Å²) in [5, 5.41) is 16.9. The fourth-order valence-corrected chi connectivity index (χ4v) is 6.13. The molecule has 4 fully saturated rings. The Bertz CT molecular complexity index is 833. The number of nitrogens with zero attached hydrogens (tertiary/aromatic N) is 3. The van der Waals surface area contributed by atoms with Crippen molar-refractivity contribution in [2.45, 2.75) is 56.7 Å². The van der Waals surface area contributed by atoms with Crippen molar-refractivity contribution in [2.24, 2.45) is 16.3 Å². The van der Waals surface area contributed by atoms with Crippen molar-refractivity contribution >= 4 is 35.6 Å². The van der Waals surface area contributed by atoms with E-state index in [0.29, 0.717) is 29.5 Å². The number of guanidine groups is 1. The van der Waals surface area contributed by atoms with E-state index in [1.54, 1.807) is 0 Å². The average molecular weight is 521 g/mol. The number of nitriles is 1. The van der Waals surface area contributed by atoms with Crippen molar-refractivity contribution in [1.82, 2.24) is 10.6 Å². The lowest BCUT2D eigenvalue weighted by Crippen LogP contribution is -2.73. The Morgan fingerprint density at radius 1 is 1.23 bits per heavy atom. The molecule has 0 radical (unpaired) electrons. The summed E-state index contributed by atoms with van der Waals surface area (Å²) in [4.78, 5) is 6.89. The summed E-state index contributed by atoms with van der Waals surface area (Å²) in [6.45, 7) is 2.80. The predicted octanol–water partition coefficient (Wildman–Crippen LogP) is 3.27. The van der Waals surface area contributed by atoms with Gasteiger partial charge in [0, 0.05) is 50.2 Å². The van der Waals surface area contributed by atoms with E-state index in [4.69, 9.17) is 4.74 Å². The van der Waals surface area contributed by atoms with Gasteiger partial charge in [-0.3, -0.25) is 4.99 Å². The monoisotopic (exact) mass is 521 g/mol. The lowest BCUT2D eigenvalue weighted by Gasteiger charge is -2.63. The fourth-order valence-electron chi connectivity index (χ4n) is 6.13. The lowest BCUT2D eigenvalue weighted by molar-refractivity contribution is -0.171. The number of halogens is 1. The fraction of sp³-hybridized carbons (Fsp3) is 0.652. The van der Waals surface area contributed by atoms with Crippen LogP contribution in [0.4, 0.5) is 5.69 Å². The van der Waals surface area contributed by atoms with Gasteiger partial charge < -0.3 is 20.3 Å². The van der Waals surface area contributed by atoms with Crippen molar-refractivity contribution < 1.29 is 4.74 Å². The number of piperidine rings is 1. The van der Waals surface area contributed by atoms with Crippen LogP contribution in [0.15, 0.2) is 29.3 Å². The Labute approximate surface area is 196 Å². The molecule has 2 aliphatic heterocycles. The minimum Gasteiger partial charge on any atom is -0.377 e. The van der Waals surface area contributed by atoms with E-state index in [-0.39, 0.29) is 24.0 Å². The molecule has 4 atom stereocenters. The number of hydrogen-bond acceptors (Lipinski definition) is 4. The van der Waals surface area contributed by atoms with Crippen LogP contribution in [-0.4, -0.2) is 50.9 Å². The third-order valence-corrected chi connectivity index (χ3v) is 7.68. The van der Waals surface area contributed by atoms with Crippen LogP contribution in [0, 0.1) is 22.7 Å². The molecule has 7 heteroatoms. The Balaban J connectivity index is 0.00000218. The molecular weight excluding hydrogens is 489 g/mol. The Morgan fingerprint density at radius 3 is 2.80 bits per heavy atom. The molecule has 4 aliphatic rings. The molecule has 2 saturated heterocycles. The molecule has 6 nitrogen and oxygen atoms in total. The van der Waals surface area contributed by atoms with E-state index >= 15 is 0 Å². The first-order valence-corrected chi connectivity index (χ1v) is 11.1. The summed E-state index contributed by atoms with van der Waals surface area (Å²) in [6, 6.07) is 11.1. The van der Waals surface area contributed by atoms with Crippen LogP contribution < -0.4 is 15.5 Å². The normalized spacial score (nSPS) is 31.6. The van der Waals surface area contributed by atoms with E-state index in [9.17, 15) is 5.26 Å². The van der Waals surface area contributed by atoms with Crippen LogP contribution in [0.1, 0.15) is 44.1 Å². The largest absolute Gasteiger partial charge is 0.377 e. The highest BCUT2D eigenvalue weighted by molar-refractivity contribution is 14.0. The number of anilines is 1. The van der Waals surface area contributed by atoms with Crippen molar-refractivity contribution in [3.63, 3.8) is 0 Å². The van der Waals surface area contributed by atoms with Gasteiger partial charge in [0.1, 0.15) is 6.07 Å². The van der Waals surface area contributed by atoms with E-state index in [0.717, 1.165) is 49.7 Å². The van der Waals surface area contributed by atoms with E-state index < -0.39 is 0 Å². The maximum atomic E-state index is 9.45. The smallest absolute Gasteiger partial charge is 0.191 e. The molecule has 162 valence electrons. The van der Waals surface area contributed by atoms with Crippen molar-refractivity contribution in [3.05, 3.63) is 29.8 Å². The minimum absolute atomic E-state index is 0. The molecule has 30 heavy (non-hydrogen) atoms. The molecule has 0 bridgehead atoms. The first-order valence-electron chi connectivity index (χ1n) is 11.1. The molecule has 2 heterocycles. The summed E-state index contributed by atoms with van der Waals surface area (Å²) in [5.74, 6) is 1.56. The predicted molar refractivity (Wildman–Crippen MR) is 129 cm³/mol. The Hall–Kier alpha value is -1.53. The first kappa shape index (κ1) is 21.7. The number of hydrogen-bond donors (Lipinski definition) is 2. The summed E-state index contributed by atoms with van der Waals surface area (Å²) in [6.07, 6.45) is 7.77. The lowest BCUT2D eigenvalue weighted by atomic mass is 9.46. The van der Waals surface area contributed by atoms with Crippen molar-refractivity contribution in [2.75, 3.05) is 31.6 Å². The maximum absolute atomic E-state index is 9.45. The third-order valence-electron chi connectivity index (χ3n) is 7.68. The highest BCUT2D eigenvalue weighted by atomic mass is 127. The molecule has 2 N–H and O–H groups in total. The highest BCUT2D eigenvalue weighted by Crippen LogP contribution is 2.62. The number of fused-ring (bicyclic) bond motifs is 2. The second kappa shape index (κ2) is 8.91. The molecule has 0 aromatic heterocycles. The van der Waals surface area contributed by atoms with E-state index in [2.05, 4.69) is 32.7 Å². The molecule has 1 aromatic rings. The standard InChI is InChI=1S/C23H31N5O.HI/c1-25-22(27-20-18-9-13-29-21(18)23(20)10-5-11-23)26-17-7-4-12-28(15-17)19-8-3-2-6-16(19)14-24;/h2-3,6,8,17-18,20-21H,4-5,7,9-13,15H2,1H3,(H2,25,26,27);1H. The molecule has 2 aliphatic carbocycles. The van der Waals surface area contributed by atoms with Crippen LogP contribution in [0.2, 0.25) is 0 Å². The second-order valence-electron chi connectivity index (χ2n) is 9.08. The third kappa shape index (κ3) is 3.56. The number of aliphatic imine (C=N–C) groups is 1. The van der Waals surface area contributed by atoms with E-state index in [1.165, 1.54) is 25.7 Å². The molecule has 2 saturated carbocycles. The van der Waals surface area contributed by atoms with Crippen LogP contribution in [0.3, 0.4) is 0 Å². The van der Waals surface area contributed by atoms with E-state index in [1.807, 2.05) is 25.2 Å². The SMILES string of the molecule is CN=C(NC1CCCN(c2ccccc2C#N)C1)NC1C2CCOC2C12CCC2.I. The summed E-state index contributed by atoms with van der Waals surface area (Å²) in [7, 11) is 1.87. The van der Waals surface area contributed by atoms with Gasteiger partial charge in [0.05, 0.1) is 17.4 Å².